The maximum Gasteiger partial charge on any atom is 0.0552 e. The molecule has 14 heavy (non-hydrogen) atoms. The molecule has 0 radical (unpaired) electrons. The lowest BCUT2D eigenvalue weighted by atomic mass is 9.70. The van der Waals surface area contributed by atoms with Crippen LogP contribution < -0.4 is 0 Å². The Hall–Kier alpha value is 1.09. The highest BCUT2D eigenvalue weighted by Gasteiger charge is 2.47. The van der Waals surface area contributed by atoms with E-state index in [9.17, 15) is 0 Å². The maximum atomic E-state index is 6.43. The van der Waals surface area contributed by atoms with Crippen LogP contribution >= 0.6 is 50.7 Å². The van der Waals surface area contributed by atoms with Crippen molar-refractivity contribution in [1.29, 1.82) is 0 Å². The van der Waals surface area contributed by atoms with Crippen LogP contribution in [0.2, 0.25) is 0 Å². The van der Waals surface area contributed by atoms with Crippen LogP contribution in [-0.4, -0.2) is 15.1 Å². The number of hydrogen-bond donors (Lipinski definition) is 0. The van der Waals surface area contributed by atoms with E-state index in [2.05, 4.69) is 22.9 Å². The molecule has 0 aromatic carbocycles. The van der Waals surface area contributed by atoms with Crippen LogP contribution in [0.1, 0.15) is 26.7 Å². The summed E-state index contributed by atoms with van der Waals surface area (Å²) in [4.78, 5) is 0.00672. The van der Waals surface area contributed by atoms with Gasteiger partial charge in [-0.3, -0.25) is 0 Å². The molecular formula is C10H14BrCl3. The average molecular weight is 320 g/mol. The van der Waals surface area contributed by atoms with Gasteiger partial charge < -0.3 is 0 Å². The van der Waals surface area contributed by atoms with Gasteiger partial charge >= 0.3 is 0 Å². The predicted octanol–water partition coefficient (Wildman–Crippen LogP) is 4.91. The molecule has 0 amide bonds. The first-order chi connectivity index (χ1) is 6.32. The Balaban J connectivity index is 2.89. The van der Waals surface area contributed by atoms with Crippen molar-refractivity contribution < 1.29 is 0 Å². The van der Waals surface area contributed by atoms with E-state index in [4.69, 9.17) is 34.8 Å². The molecule has 0 heterocycles. The molecule has 1 saturated carbocycles. The molecule has 82 valence electrons. The van der Waals surface area contributed by atoms with E-state index in [1.165, 1.54) is 5.54 Å². The summed E-state index contributed by atoms with van der Waals surface area (Å²) in [5.41, 5.74) is 1.43. The Labute approximate surface area is 109 Å². The van der Waals surface area contributed by atoms with Gasteiger partial charge in [0.1, 0.15) is 0 Å². The van der Waals surface area contributed by atoms with Gasteiger partial charge in [-0.25, -0.2) is 0 Å². The standard InChI is InChI=1S/C10H14BrCl3/c1-9(3-4-12)6-10(2,14)7(11)5-8(9)13/h3-4,7-8H,5-6H2,1-2H3/b4-3+/t7?,8?,9-,10-/m0/s1. The van der Waals surface area contributed by atoms with Crippen molar-refractivity contribution in [2.45, 2.75) is 41.8 Å². The summed E-state index contributed by atoms with van der Waals surface area (Å²) in [5.74, 6) is 0. The Morgan fingerprint density at radius 3 is 2.50 bits per heavy atom. The molecule has 0 aromatic heterocycles. The summed E-state index contributed by atoms with van der Waals surface area (Å²) in [7, 11) is 0. The van der Waals surface area contributed by atoms with Crippen LogP contribution in [0.5, 0.6) is 0 Å². The molecule has 1 fully saturated rings. The lowest BCUT2D eigenvalue weighted by Gasteiger charge is -2.45. The first-order valence-corrected chi connectivity index (χ1v) is 6.73. The van der Waals surface area contributed by atoms with Gasteiger partial charge in [-0.05, 0) is 19.8 Å². The van der Waals surface area contributed by atoms with Crippen molar-refractivity contribution in [2.75, 3.05) is 0 Å². The fourth-order valence-corrected chi connectivity index (χ4v) is 3.71. The predicted molar refractivity (Wildman–Crippen MR) is 68.9 cm³/mol. The molecule has 0 aliphatic heterocycles. The highest BCUT2D eigenvalue weighted by atomic mass is 79.9. The second kappa shape index (κ2) is 4.53. The third kappa shape index (κ3) is 2.61. The summed E-state index contributed by atoms with van der Waals surface area (Å²) in [5, 5.41) is 0.0775. The zero-order chi connectivity index (χ0) is 11.0. The third-order valence-corrected chi connectivity index (χ3v) is 5.80. The fourth-order valence-electron chi connectivity index (χ4n) is 1.97. The zero-order valence-corrected chi connectivity index (χ0v) is 12.1. The summed E-state index contributed by atoms with van der Waals surface area (Å²) < 4.78 is 0. The molecule has 1 rings (SSSR count). The number of allylic oxidation sites excluding steroid dienone is 1. The van der Waals surface area contributed by atoms with E-state index in [1.54, 1.807) is 0 Å². The summed E-state index contributed by atoms with van der Waals surface area (Å²) in [6.45, 7) is 4.14. The Morgan fingerprint density at radius 2 is 2.00 bits per heavy atom. The van der Waals surface area contributed by atoms with Gasteiger partial charge in [0.05, 0.1) is 4.87 Å². The third-order valence-electron chi connectivity index (χ3n) is 2.95. The monoisotopic (exact) mass is 318 g/mol. The molecule has 1 aliphatic carbocycles. The molecule has 4 heteroatoms. The largest absolute Gasteiger partial charge is 0.122 e. The number of alkyl halides is 3. The second-order valence-electron chi connectivity index (χ2n) is 4.42. The summed E-state index contributed by atoms with van der Waals surface area (Å²) in [6, 6.07) is 0. The van der Waals surface area contributed by atoms with Crippen molar-refractivity contribution in [3.63, 3.8) is 0 Å². The van der Waals surface area contributed by atoms with Crippen LogP contribution in [0.3, 0.4) is 0 Å². The summed E-state index contributed by atoms with van der Waals surface area (Å²) in [6.07, 6.45) is 3.64. The van der Waals surface area contributed by atoms with Crippen molar-refractivity contribution in [3.8, 4) is 0 Å². The Morgan fingerprint density at radius 1 is 1.43 bits per heavy atom. The van der Waals surface area contributed by atoms with Gasteiger partial charge in [-0.2, -0.15) is 0 Å². The fraction of sp³-hybridized carbons (Fsp3) is 0.800. The molecular weight excluding hydrogens is 306 g/mol. The van der Waals surface area contributed by atoms with Crippen LogP contribution in [0, 0.1) is 5.41 Å². The van der Waals surface area contributed by atoms with Crippen molar-refractivity contribution in [2.24, 2.45) is 5.41 Å². The van der Waals surface area contributed by atoms with E-state index < -0.39 is 0 Å². The SMILES string of the molecule is C[C@]1(Cl)C[C@](C)(/C=C/Cl)C(Cl)CC1Br. The van der Waals surface area contributed by atoms with E-state index in [0.29, 0.717) is 0 Å². The van der Waals surface area contributed by atoms with E-state index >= 15 is 0 Å². The maximum absolute atomic E-state index is 6.43. The Kier molecular flexibility index (Phi) is 4.26. The first-order valence-electron chi connectivity index (χ1n) is 4.57. The smallest absolute Gasteiger partial charge is 0.0552 e. The summed E-state index contributed by atoms with van der Waals surface area (Å²) >= 11 is 22.0. The molecule has 0 aromatic rings. The van der Waals surface area contributed by atoms with Gasteiger partial charge in [0.15, 0.2) is 0 Å². The normalized spacial score (nSPS) is 49.9. The van der Waals surface area contributed by atoms with Gasteiger partial charge in [-0.15, -0.1) is 23.2 Å². The van der Waals surface area contributed by atoms with Crippen LogP contribution in [0.4, 0.5) is 0 Å². The van der Waals surface area contributed by atoms with Crippen LogP contribution in [0.25, 0.3) is 0 Å². The van der Waals surface area contributed by atoms with Crippen LogP contribution in [-0.2, 0) is 0 Å². The van der Waals surface area contributed by atoms with E-state index in [-0.39, 0.29) is 20.5 Å². The molecule has 0 nitrogen and oxygen atoms in total. The molecule has 2 unspecified atom stereocenters. The first kappa shape index (κ1) is 13.2. The zero-order valence-electron chi connectivity index (χ0n) is 8.24. The molecule has 4 atom stereocenters. The minimum Gasteiger partial charge on any atom is -0.122 e. The van der Waals surface area contributed by atoms with Crippen molar-refractivity contribution >= 4 is 50.7 Å². The topological polar surface area (TPSA) is 0 Å². The van der Waals surface area contributed by atoms with Crippen molar-refractivity contribution in [3.05, 3.63) is 11.6 Å². The minimum absolute atomic E-state index is 0.0775. The van der Waals surface area contributed by atoms with Gasteiger partial charge in [-0.1, -0.05) is 40.5 Å². The highest BCUT2D eigenvalue weighted by Crippen LogP contribution is 2.50. The average Bonchev–Trinajstić information content (AvgIpc) is 2.01. The van der Waals surface area contributed by atoms with E-state index in [0.717, 1.165) is 12.8 Å². The molecule has 0 N–H and O–H groups in total. The lowest BCUT2D eigenvalue weighted by Crippen LogP contribution is -2.46. The second-order valence-corrected chi connectivity index (χ2v) is 7.17. The number of hydrogen-bond acceptors (Lipinski definition) is 0. The van der Waals surface area contributed by atoms with E-state index in [1.807, 2.05) is 13.0 Å². The molecule has 0 saturated heterocycles. The van der Waals surface area contributed by atoms with Crippen molar-refractivity contribution in [1.82, 2.24) is 0 Å². The van der Waals surface area contributed by atoms with Gasteiger partial charge in [0, 0.05) is 21.2 Å². The lowest BCUT2D eigenvalue weighted by molar-refractivity contribution is 0.258. The molecule has 0 spiro atoms. The van der Waals surface area contributed by atoms with Gasteiger partial charge in [0.25, 0.3) is 0 Å². The van der Waals surface area contributed by atoms with Crippen LogP contribution in [0.15, 0.2) is 11.6 Å². The molecule has 1 aliphatic rings. The minimum atomic E-state index is -0.253. The number of halogens is 4. The highest BCUT2D eigenvalue weighted by molar-refractivity contribution is 9.09. The molecule has 0 bridgehead atoms. The Bertz CT molecular complexity index is 240. The number of rotatable bonds is 1. The quantitative estimate of drug-likeness (QED) is 0.602. The van der Waals surface area contributed by atoms with Gasteiger partial charge in [0.2, 0.25) is 0 Å².